The third kappa shape index (κ3) is 4.92. The Morgan fingerprint density at radius 3 is 2.61 bits per heavy atom. The number of benzene rings is 2. The highest BCUT2D eigenvalue weighted by molar-refractivity contribution is 9.10. The van der Waals surface area contributed by atoms with Crippen LogP contribution in [0.2, 0.25) is 0 Å². The van der Waals surface area contributed by atoms with Crippen LogP contribution in [0, 0.1) is 13.8 Å². The third-order valence-electron chi connectivity index (χ3n) is 5.25. The summed E-state index contributed by atoms with van der Waals surface area (Å²) in [7, 11) is 0. The molecule has 1 unspecified atom stereocenters. The summed E-state index contributed by atoms with van der Waals surface area (Å²) in [5.41, 5.74) is 3.88. The van der Waals surface area contributed by atoms with E-state index in [1.807, 2.05) is 36.4 Å². The molecule has 3 aromatic rings. The van der Waals surface area contributed by atoms with Crippen molar-refractivity contribution in [1.29, 1.82) is 0 Å². The number of carboxylic acids is 1. The van der Waals surface area contributed by atoms with Gasteiger partial charge in [0.15, 0.2) is 11.5 Å². The normalized spacial score (nSPS) is 13.1. The maximum Gasteiger partial charge on any atom is 0.323 e. The number of carbonyl (C=O) groups is 1. The fourth-order valence-corrected chi connectivity index (χ4v) is 4.01. The van der Waals surface area contributed by atoms with Gasteiger partial charge in [-0.2, -0.15) is 9.97 Å². The minimum atomic E-state index is -1.12. The monoisotopic (exact) mass is 515 g/mol. The molecule has 0 radical (unpaired) electrons. The lowest BCUT2D eigenvalue weighted by Gasteiger charge is -2.16. The molecule has 172 valence electrons. The number of aryl methyl sites for hydroxylation is 2. The van der Waals surface area contributed by atoms with Crippen LogP contribution in [0.1, 0.15) is 17.0 Å². The van der Waals surface area contributed by atoms with Crippen molar-refractivity contribution in [2.24, 2.45) is 0 Å². The molecule has 1 atom stereocenters. The van der Waals surface area contributed by atoms with Gasteiger partial charge in [0.1, 0.15) is 11.8 Å². The van der Waals surface area contributed by atoms with Gasteiger partial charge in [-0.1, -0.05) is 18.2 Å². The standard InChI is InChI=1S/C23H22BrN3O6/c1-12-16(9-25-17(10-28)22(29)30)13(2)27-23(26-12)33-19-5-3-4-15(21(19)24)14-6-7-18-20(8-14)32-11-31-18/h3-8,17,25,28H,9-11H2,1-2H3,(H,29,30). The van der Waals surface area contributed by atoms with E-state index in [1.54, 1.807) is 13.8 Å². The number of halogens is 1. The average molecular weight is 516 g/mol. The molecule has 3 N–H and O–H groups in total. The van der Waals surface area contributed by atoms with E-state index in [-0.39, 0.29) is 19.3 Å². The van der Waals surface area contributed by atoms with Gasteiger partial charge in [0, 0.05) is 23.5 Å². The summed E-state index contributed by atoms with van der Waals surface area (Å²) in [6.07, 6.45) is 0. The van der Waals surface area contributed by atoms with E-state index >= 15 is 0 Å². The molecule has 33 heavy (non-hydrogen) atoms. The average Bonchev–Trinajstić information content (AvgIpc) is 3.25. The molecule has 0 aliphatic carbocycles. The Labute approximate surface area is 198 Å². The van der Waals surface area contributed by atoms with Gasteiger partial charge in [-0.05, 0) is 59.1 Å². The van der Waals surface area contributed by atoms with Crippen molar-refractivity contribution in [2.45, 2.75) is 26.4 Å². The SMILES string of the molecule is Cc1nc(Oc2cccc(-c3ccc4c(c3)OCO4)c2Br)nc(C)c1CNC(CO)C(=O)O. The molecule has 0 fully saturated rings. The molecule has 2 aromatic carbocycles. The van der Waals surface area contributed by atoms with Crippen LogP contribution in [-0.4, -0.2) is 45.6 Å². The summed E-state index contributed by atoms with van der Waals surface area (Å²) >= 11 is 3.63. The first kappa shape index (κ1) is 23.0. The molecule has 10 heteroatoms. The van der Waals surface area contributed by atoms with E-state index in [1.165, 1.54) is 0 Å². The predicted octanol–water partition coefficient (Wildman–Crippen LogP) is 3.58. The quantitative estimate of drug-likeness (QED) is 0.412. The van der Waals surface area contributed by atoms with Crippen molar-refractivity contribution in [3.05, 3.63) is 57.8 Å². The third-order valence-corrected chi connectivity index (χ3v) is 6.07. The molecule has 0 saturated heterocycles. The molecule has 2 heterocycles. The Morgan fingerprint density at radius 2 is 1.91 bits per heavy atom. The maximum atomic E-state index is 11.1. The van der Waals surface area contributed by atoms with Gasteiger partial charge in [0.05, 0.1) is 11.1 Å². The highest BCUT2D eigenvalue weighted by Crippen LogP contribution is 2.41. The summed E-state index contributed by atoms with van der Waals surface area (Å²) < 4.78 is 17.6. The molecule has 0 spiro atoms. The zero-order valence-electron chi connectivity index (χ0n) is 18.0. The second-order valence-electron chi connectivity index (χ2n) is 7.40. The number of rotatable bonds is 8. The van der Waals surface area contributed by atoms with Crippen molar-refractivity contribution in [3.8, 4) is 34.4 Å². The molecule has 1 aliphatic heterocycles. The summed E-state index contributed by atoms with van der Waals surface area (Å²) in [6, 6.07) is 10.5. The van der Waals surface area contributed by atoms with E-state index in [9.17, 15) is 9.90 Å². The van der Waals surface area contributed by atoms with Gasteiger partial charge in [0.25, 0.3) is 0 Å². The fraction of sp³-hybridized carbons (Fsp3) is 0.261. The number of nitrogens with zero attached hydrogens (tertiary/aromatic N) is 2. The first-order valence-corrected chi connectivity index (χ1v) is 10.9. The van der Waals surface area contributed by atoms with E-state index in [0.717, 1.165) is 21.2 Å². The van der Waals surface area contributed by atoms with Crippen LogP contribution in [0.3, 0.4) is 0 Å². The van der Waals surface area contributed by atoms with Gasteiger partial charge in [0.2, 0.25) is 6.79 Å². The minimum Gasteiger partial charge on any atom is -0.480 e. The minimum absolute atomic E-state index is 0.175. The first-order chi connectivity index (χ1) is 15.9. The smallest absolute Gasteiger partial charge is 0.323 e. The van der Waals surface area contributed by atoms with E-state index in [4.69, 9.17) is 19.3 Å². The second-order valence-corrected chi connectivity index (χ2v) is 8.19. The van der Waals surface area contributed by atoms with Gasteiger partial charge >= 0.3 is 12.0 Å². The first-order valence-electron chi connectivity index (χ1n) is 10.1. The molecular weight excluding hydrogens is 494 g/mol. The molecule has 4 rings (SSSR count). The number of hydrogen-bond donors (Lipinski definition) is 3. The second kappa shape index (κ2) is 9.74. The number of fused-ring (bicyclic) bond motifs is 1. The summed E-state index contributed by atoms with van der Waals surface area (Å²) in [4.78, 5) is 20.0. The van der Waals surface area contributed by atoms with Crippen molar-refractivity contribution in [3.63, 3.8) is 0 Å². The number of carboxylic acid groups (broad SMARTS) is 1. The Hall–Kier alpha value is -3.21. The summed E-state index contributed by atoms with van der Waals surface area (Å²) in [5.74, 6) is 0.822. The van der Waals surface area contributed by atoms with Gasteiger partial charge < -0.3 is 24.4 Å². The Balaban J connectivity index is 1.56. The number of aliphatic carboxylic acids is 1. The molecule has 1 aliphatic rings. The maximum absolute atomic E-state index is 11.1. The van der Waals surface area contributed by atoms with Gasteiger partial charge in [-0.3, -0.25) is 10.1 Å². The van der Waals surface area contributed by atoms with Crippen LogP contribution in [-0.2, 0) is 11.3 Å². The molecule has 0 bridgehead atoms. The van der Waals surface area contributed by atoms with Crippen LogP contribution in [0.4, 0.5) is 0 Å². The molecule has 0 amide bonds. The highest BCUT2D eigenvalue weighted by Gasteiger charge is 2.19. The van der Waals surface area contributed by atoms with Gasteiger partial charge in [-0.15, -0.1) is 0 Å². The summed E-state index contributed by atoms with van der Waals surface area (Å²) in [5, 5.41) is 21.1. The number of hydrogen-bond acceptors (Lipinski definition) is 8. The number of nitrogens with one attached hydrogen (secondary N) is 1. The van der Waals surface area contributed by atoms with Crippen LogP contribution in [0.25, 0.3) is 11.1 Å². The molecule has 1 aromatic heterocycles. The lowest BCUT2D eigenvalue weighted by Crippen LogP contribution is -2.39. The van der Waals surface area contributed by atoms with E-state index < -0.39 is 18.6 Å². The lowest BCUT2D eigenvalue weighted by atomic mass is 10.0. The summed E-state index contributed by atoms with van der Waals surface area (Å²) in [6.45, 7) is 3.50. The number of ether oxygens (including phenoxy) is 3. The van der Waals surface area contributed by atoms with E-state index in [0.29, 0.717) is 28.6 Å². The molecule has 9 nitrogen and oxygen atoms in total. The van der Waals surface area contributed by atoms with Crippen LogP contribution in [0.15, 0.2) is 40.9 Å². The number of aliphatic hydroxyl groups excluding tert-OH is 1. The topological polar surface area (TPSA) is 123 Å². The van der Waals surface area contributed by atoms with Gasteiger partial charge in [-0.25, -0.2) is 0 Å². The molecule has 0 saturated carbocycles. The Morgan fingerprint density at radius 1 is 1.18 bits per heavy atom. The van der Waals surface area contributed by atoms with Crippen LogP contribution >= 0.6 is 15.9 Å². The van der Waals surface area contributed by atoms with Crippen LogP contribution in [0.5, 0.6) is 23.3 Å². The van der Waals surface area contributed by atoms with Crippen LogP contribution < -0.4 is 19.5 Å². The van der Waals surface area contributed by atoms with Crippen molar-refractivity contribution in [1.82, 2.24) is 15.3 Å². The fourth-order valence-electron chi connectivity index (χ4n) is 3.44. The zero-order valence-corrected chi connectivity index (χ0v) is 19.5. The van der Waals surface area contributed by atoms with Crippen molar-refractivity contribution in [2.75, 3.05) is 13.4 Å². The lowest BCUT2D eigenvalue weighted by molar-refractivity contribution is -0.140. The van der Waals surface area contributed by atoms with Crippen molar-refractivity contribution >= 4 is 21.9 Å². The molecular formula is C23H22BrN3O6. The Kier molecular flexibility index (Phi) is 6.77. The zero-order chi connectivity index (χ0) is 23.5. The van der Waals surface area contributed by atoms with E-state index in [2.05, 4.69) is 31.2 Å². The predicted molar refractivity (Wildman–Crippen MR) is 123 cm³/mol. The Bertz CT molecular complexity index is 1180. The highest BCUT2D eigenvalue weighted by atomic mass is 79.9. The number of aromatic nitrogens is 2. The largest absolute Gasteiger partial charge is 0.480 e. The van der Waals surface area contributed by atoms with Crippen molar-refractivity contribution < 1.29 is 29.2 Å². The number of aliphatic hydroxyl groups is 1.